The van der Waals surface area contributed by atoms with Crippen molar-refractivity contribution in [3.05, 3.63) is 29.8 Å². The largest absolute Gasteiger partial charge is 0.452 e. The molecular formula is C19H26N2O5S. The lowest BCUT2D eigenvalue weighted by Gasteiger charge is -2.33. The molecule has 2 fully saturated rings. The van der Waals surface area contributed by atoms with E-state index in [2.05, 4.69) is 0 Å². The van der Waals surface area contributed by atoms with Crippen LogP contribution < -0.4 is 0 Å². The standard InChI is InChI=1S/C19H26N2O5S/c1-15-6-2-3-13-21(15)18(22)14-26-19(23)16-7-9-17(10-8-16)27(24,25)20-11-4-5-12-20/h7-10,15H,2-6,11-14H2,1H3/t15-/m0/s1. The van der Waals surface area contributed by atoms with Crippen molar-refractivity contribution in [1.29, 1.82) is 0 Å². The molecule has 1 aromatic carbocycles. The molecule has 148 valence electrons. The molecule has 2 saturated heterocycles. The summed E-state index contributed by atoms with van der Waals surface area (Å²) in [5.41, 5.74) is 0.231. The number of nitrogens with zero attached hydrogens (tertiary/aromatic N) is 2. The van der Waals surface area contributed by atoms with Gasteiger partial charge in [0.05, 0.1) is 10.5 Å². The third-order valence-electron chi connectivity index (χ3n) is 5.24. The van der Waals surface area contributed by atoms with Crippen LogP contribution in [0.4, 0.5) is 0 Å². The fourth-order valence-electron chi connectivity index (χ4n) is 3.60. The molecule has 0 radical (unpaired) electrons. The van der Waals surface area contributed by atoms with Crippen molar-refractivity contribution in [3.63, 3.8) is 0 Å². The topological polar surface area (TPSA) is 84.0 Å². The third kappa shape index (κ3) is 4.50. The number of carbonyl (C=O) groups is 2. The van der Waals surface area contributed by atoms with Crippen LogP contribution in [0.3, 0.4) is 0 Å². The average Bonchev–Trinajstić information content (AvgIpc) is 3.22. The van der Waals surface area contributed by atoms with Gasteiger partial charge in [-0.1, -0.05) is 0 Å². The second kappa shape index (κ2) is 8.39. The van der Waals surface area contributed by atoms with E-state index in [4.69, 9.17) is 4.74 Å². The second-order valence-corrected chi connectivity index (χ2v) is 9.08. The molecule has 1 atom stereocenters. The Hall–Kier alpha value is -1.93. The minimum Gasteiger partial charge on any atom is -0.452 e. The molecule has 2 heterocycles. The van der Waals surface area contributed by atoms with Crippen molar-refractivity contribution in [2.24, 2.45) is 0 Å². The molecule has 3 rings (SSSR count). The van der Waals surface area contributed by atoms with Gasteiger partial charge in [-0.05, 0) is 63.3 Å². The van der Waals surface area contributed by atoms with E-state index < -0.39 is 16.0 Å². The van der Waals surface area contributed by atoms with Gasteiger partial charge in [-0.3, -0.25) is 4.79 Å². The summed E-state index contributed by atoms with van der Waals surface area (Å²) in [5, 5.41) is 0. The predicted molar refractivity (Wildman–Crippen MR) is 99.7 cm³/mol. The molecule has 1 aromatic rings. The Labute approximate surface area is 160 Å². The van der Waals surface area contributed by atoms with Crippen molar-refractivity contribution < 1.29 is 22.7 Å². The zero-order valence-corrected chi connectivity index (χ0v) is 16.4. The van der Waals surface area contributed by atoms with Crippen molar-refractivity contribution in [2.75, 3.05) is 26.2 Å². The summed E-state index contributed by atoms with van der Waals surface area (Å²) in [7, 11) is -3.51. The van der Waals surface area contributed by atoms with E-state index >= 15 is 0 Å². The normalized spacial score (nSPS) is 21.2. The Morgan fingerprint density at radius 1 is 1.04 bits per heavy atom. The maximum atomic E-state index is 12.5. The molecule has 0 aliphatic carbocycles. The van der Waals surface area contributed by atoms with E-state index in [0.29, 0.717) is 19.6 Å². The van der Waals surface area contributed by atoms with E-state index in [0.717, 1.165) is 32.1 Å². The van der Waals surface area contributed by atoms with E-state index in [1.54, 1.807) is 4.90 Å². The summed E-state index contributed by atoms with van der Waals surface area (Å²) in [6.07, 6.45) is 4.78. The summed E-state index contributed by atoms with van der Waals surface area (Å²) in [5.74, 6) is -0.818. The Morgan fingerprint density at radius 2 is 1.67 bits per heavy atom. The van der Waals surface area contributed by atoms with Gasteiger partial charge in [-0.15, -0.1) is 0 Å². The lowest BCUT2D eigenvalue weighted by molar-refractivity contribution is -0.137. The summed E-state index contributed by atoms with van der Waals surface area (Å²) in [6, 6.07) is 5.86. The quantitative estimate of drug-likeness (QED) is 0.714. The summed E-state index contributed by atoms with van der Waals surface area (Å²) < 4.78 is 31.6. The Morgan fingerprint density at radius 3 is 2.30 bits per heavy atom. The maximum absolute atomic E-state index is 12.5. The zero-order valence-electron chi connectivity index (χ0n) is 15.6. The number of likely N-dealkylation sites (tertiary alicyclic amines) is 1. The first-order valence-electron chi connectivity index (χ1n) is 9.46. The number of esters is 1. The summed E-state index contributed by atoms with van der Waals surface area (Å²) >= 11 is 0. The summed E-state index contributed by atoms with van der Waals surface area (Å²) in [6.45, 7) is 3.46. The lowest BCUT2D eigenvalue weighted by atomic mass is 10.0. The molecule has 0 bridgehead atoms. The number of carbonyl (C=O) groups excluding carboxylic acids is 2. The summed E-state index contributed by atoms with van der Waals surface area (Å²) in [4.78, 5) is 26.3. The van der Waals surface area contributed by atoms with Crippen LogP contribution in [0.1, 0.15) is 49.4 Å². The fourth-order valence-corrected chi connectivity index (χ4v) is 5.12. The van der Waals surface area contributed by atoms with Crippen LogP contribution in [0.2, 0.25) is 0 Å². The lowest BCUT2D eigenvalue weighted by Crippen LogP contribution is -2.44. The van der Waals surface area contributed by atoms with Crippen LogP contribution in [0.25, 0.3) is 0 Å². The smallest absolute Gasteiger partial charge is 0.338 e. The van der Waals surface area contributed by atoms with Gasteiger partial charge in [0.25, 0.3) is 5.91 Å². The molecule has 0 unspecified atom stereocenters. The predicted octanol–water partition coefficient (Wildman–Crippen LogP) is 2.03. The molecule has 27 heavy (non-hydrogen) atoms. The number of rotatable bonds is 5. The molecule has 7 nitrogen and oxygen atoms in total. The van der Waals surface area contributed by atoms with Gasteiger partial charge in [0, 0.05) is 25.7 Å². The number of ether oxygens (including phenoxy) is 1. The molecule has 2 aliphatic heterocycles. The fraction of sp³-hybridized carbons (Fsp3) is 0.579. The number of amides is 1. The van der Waals surface area contributed by atoms with Gasteiger partial charge in [0.2, 0.25) is 10.0 Å². The highest BCUT2D eigenvalue weighted by Crippen LogP contribution is 2.21. The first-order valence-corrected chi connectivity index (χ1v) is 10.9. The highest BCUT2D eigenvalue weighted by molar-refractivity contribution is 7.89. The number of benzene rings is 1. The molecule has 1 amide bonds. The highest BCUT2D eigenvalue weighted by Gasteiger charge is 2.27. The monoisotopic (exact) mass is 394 g/mol. The van der Waals surface area contributed by atoms with Gasteiger partial charge in [-0.2, -0.15) is 4.31 Å². The molecular weight excluding hydrogens is 368 g/mol. The van der Waals surface area contributed by atoms with E-state index in [-0.39, 0.29) is 29.0 Å². The van der Waals surface area contributed by atoms with Gasteiger partial charge in [0.1, 0.15) is 0 Å². The Bertz CT molecular complexity index is 785. The molecule has 0 N–H and O–H groups in total. The maximum Gasteiger partial charge on any atom is 0.338 e. The van der Waals surface area contributed by atoms with Gasteiger partial charge in [0.15, 0.2) is 6.61 Å². The number of piperidine rings is 1. The second-order valence-electron chi connectivity index (χ2n) is 7.14. The van der Waals surface area contributed by atoms with Gasteiger partial charge in [-0.25, -0.2) is 13.2 Å². The zero-order chi connectivity index (χ0) is 19.4. The van der Waals surface area contributed by atoms with Crippen LogP contribution >= 0.6 is 0 Å². The highest BCUT2D eigenvalue weighted by atomic mass is 32.2. The number of sulfonamides is 1. The molecule has 0 saturated carbocycles. The van der Waals surface area contributed by atoms with Crippen LogP contribution in [0.15, 0.2) is 29.2 Å². The Balaban J connectivity index is 1.58. The first kappa shape index (κ1) is 19.8. The Kier molecular flexibility index (Phi) is 6.16. The molecule has 8 heteroatoms. The molecule has 0 spiro atoms. The van der Waals surface area contributed by atoms with Crippen molar-refractivity contribution in [1.82, 2.24) is 9.21 Å². The van der Waals surface area contributed by atoms with Gasteiger partial charge < -0.3 is 9.64 Å². The minimum atomic E-state index is -3.51. The van der Waals surface area contributed by atoms with Crippen LogP contribution in [-0.4, -0.2) is 61.8 Å². The van der Waals surface area contributed by atoms with E-state index in [9.17, 15) is 18.0 Å². The minimum absolute atomic E-state index is 0.166. The van der Waals surface area contributed by atoms with Gasteiger partial charge >= 0.3 is 5.97 Å². The van der Waals surface area contributed by atoms with Crippen LogP contribution in [0, 0.1) is 0 Å². The average molecular weight is 394 g/mol. The van der Waals surface area contributed by atoms with Crippen molar-refractivity contribution >= 4 is 21.9 Å². The van der Waals surface area contributed by atoms with Crippen molar-refractivity contribution in [2.45, 2.75) is 50.0 Å². The first-order chi connectivity index (χ1) is 12.9. The number of hydrogen-bond donors (Lipinski definition) is 0. The number of hydrogen-bond acceptors (Lipinski definition) is 5. The molecule has 2 aliphatic rings. The third-order valence-corrected chi connectivity index (χ3v) is 7.16. The molecule has 0 aromatic heterocycles. The van der Waals surface area contributed by atoms with Crippen molar-refractivity contribution in [3.8, 4) is 0 Å². The van der Waals surface area contributed by atoms with E-state index in [1.165, 1.54) is 28.6 Å². The van der Waals surface area contributed by atoms with E-state index in [1.807, 2.05) is 6.92 Å². The SMILES string of the molecule is C[C@H]1CCCCN1C(=O)COC(=O)c1ccc(S(=O)(=O)N2CCCC2)cc1. The van der Waals surface area contributed by atoms with Crippen LogP contribution in [0.5, 0.6) is 0 Å². The van der Waals surface area contributed by atoms with Crippen LogP contribution in [-0.2, 0) is 19.6 Å².